The predicted octanol–water partition coefficient (Wildman–Crippen LogP) is 2.60. The minimum atomic E-state index is 0.149. The van der Waals surface area contributed by atoms with Gasteiger partial charge in [-0.25, -0.2) is 0 Å². The first-order chi connectivity index (χ1) is 10.7. The number of nitrogens with zero attached hydrogens (tertiary/aromatic N) is 2. The molecule has 120 valence electrons. The van der Waals surface area contributed by atoms with Gasteiger partial charge in [-0.15, -0.1) is 0 Å². The third-order valence-electron chi connectivity index (χ3n) is 4.68. The fourth-order valence-electron chi connectivity index (χ4n) is 3.33. The number of hydrogen-bond donors (Lipinski definition) is 0. The van der Waals surface area contributed by atoms with Crippen LogP contribution in [0.4, 0.5) is 5.69 Å². The molecule has 3 rings (SSSR count). The summed E-state index contributed by atoms with van der Waals surface area (Å²) in [5.41, 5.74) is 2.55. The lowest BCUT2D eigenvalue weighted by Gasteiger charge is -2.37. The molecule has 0 aromatic heterocycles. The van der Waals surface area contributed by atoms with E-state index in [-0.39, 0.29) is 12.0 Å². The lowest BCUT2D eigenvalue weighted by molar-refractivity contribution is -0.135. The molecule has 0 radical (unpaired) electrons. The van der Waals surface area contributed by atoms with Crippen LogP contribution in [0.1, 0.15) is 31.2 Å². The van der Waals surface area contributed by atoms with Gasteiger partial charge in [0.2, 0.25) is 5.91 Å². The Bertz CT molecular complexity index is 504. The van der Waals surface area contributed by atoms with E-state index in [1.54, 1.807) is 0 Å². The number of carbonyl (C=O) groups excluding carboxylic acids is 1. The summed E-state index contributed by atoms with van der Waals surface area (Å²) >= 11 is 0. The molecule has 0 bridgehead atoms. The Kier molecular flexibility index (Phi) is 4.98. The smallest absolute Gasteiger partial charge is 0.225 e. The molecule has 4 nitrogen and oxygen atoms in total. The van der Waals surface area contributed by atoms with Crippen molar-refractivity contribution in [2.45, 2.75) is 38.7 Å². The van der Waals surface area contributed by atoms with Crippen LogP contribution < -0.4 is 4.90 Å². The molecule has 1 unspecified atom stereocenters. The molecule has 2 aliphatic rings. The average Bonchev–Trinajstić information content (AvgIpc) is 2.56. The molecular weight excluding hydrogens is 276 g/mol. The Morgan fingerprint density at radius 3 is 2.73 bits per heavy atom. The lowest BCUT2D eigenvalue weighted by atomic mass is 10.1. The SMILES string of the molecule is Cc1cccc(N2CCN(C(=O)CC3CCCCO3)CC2)c1. The largest absolute Gasteiger partial charge is 0.378 e. The van der Waals surface area contributed by atoms with Gasteiger partial charge in [-0.2, -0.15) is 0 Å². The molecule has 2 heterocycles. The van der Waals surface area contributed by atoms with Gasteiger partial charge in [-0.3, -0.25) is 4.79 Å². The quantitative estimate of drug-likeness (QED) is 0.860. The molecule has 2 fully saturated rings. The number of amides is 1. The summed E-state index contributed by atoms with van der Waals surface area (Å²) in [5, 5.41) is 0. The second kappa shape index (κ2) is 7.14. The molecule has 1 aromatic carbocycles. The van der Waals surface area contributed by atoms with E-state index in [0.29, 0.717) is 6.42 Å². The van der Waals surface area contributed by atoms with Crippen molar-refractivity contribution >= 4 is 11.6 Å². The number of rotatable bonds is 3. The van der Waals surface area contributed by atoms with Gasteiger partial charge in [0.05, 0.1) is 12.5 Å². The summed E-state index contributed by atoms with van der Waals surface area (Å²) in [6, 6.07) is 8.59. The number of benzene rings is 1. The minimum Gasteiger partial charge on any atom is -0.378 e. The van der Waals surface area contributed by atoms with Gasteiger partial charge < -0.3 is 14.5 Å². The van der Waals surface area contributed by atoms with Crippen molar-refractivity contribution in [3.63, 3.8) is 0 Å². The van der Waals surface area contributed by atoms with Crippen LogP contribution in [0.2, 0.25) is 0 Å². The standard InChI is InChI=1S/C18H26N2O2/c1-15-5-4-6-16(13-15)19-8-10-20(11-9-19)18(21)14-17-7-2-3-12-22-17/h4-6,13,17H,2-3,7-12,14H2,1H3. The Morgan fingerprint density at radius 2 is 2.05 bits per heavy atom. The fraction of sp³-hybridized carbons (Fsp3) is 0.611. The molecule has 1 amide bonds. The van der Waals surface area contributed by atoms with Gasteiger partial charge in [0.1, 0.15) is 0 Å². The van der Waals surface area contributed by atoms with E-state index in [1.807, 2.05) is 4.90 Å². The van der Waals surface area contributed by atoms with Gasteiger partial charge >= 0.3 is 0 Å². The van der Waals surface area contributed by atoms with Gasteiger partial charge in [-0.1, -0.05) is 12.1 Å². The summed E-state index contributed by atoms with van der Waals surface area (Å²) in [5.74, 6) is 0.260. The summed E-state index contributed by atoms with van der Waals surface area (Å²) < 4.78 is 5.69. The van der Waals surface area contributed by atoms with Crippen LogP contribution in [0.5, 0.6) is 0 Å². The molecule has 2 aliphatic heterocycles. The highest BCUT2D eigenvalue weighted by molar-refractivity contribution is 5.77. The first-order valence-corrected chi connectivity index (χ1v) is 8.43. The van der Waals surface area contributed by atoms with Crippen LogP contribution in [-0.2, 0) is 9.53 Å². The average molecular weight is 302 g/mol. The monoisotopic (exact) mass is 302 g/mol. The molecule has 0 aliphatic carbocycles. The topological polar surface area (TPSA) is 32.8 Å². The summed E-state index contributed by atoms with van der Waals surface area (Å²) in [6.45, 7) is 6.41. The maximum absolute atomic E-state index is 12.4. The van der Waals surface area contributed by atoms with Crippen molar-refractivity contribution in [2.75, 3.05) is 37.7 Å². The highest BCUT2D eigenvalue weighted by atomic mass is 16.5. The van der Waals surface area contributed by atoms with E-state index < -0.39 is 0 Å². The number of aryl methyl sites for hydroxylation is 1. The van der Waals surface area contributed by atoms with Crippen LogP contribution in [0.3, 0.4) is 0 Å². The summed E-state index contributed by atoms with van der Waals surface area (Å²) in [4.78, 5) is 16.8. The van der Waals surface area contributed by atoms with Crippen LogP contribution >= 0.6 is 0 Å². The number of hydrogen-bond acceptors (Lipinski definition) is 3. The zero-order chi connectivity index (χ0) is 15.4. The van der Waals surface area contributed by atoms with Crippen LogP contribution in [0, 0.1) is 6.92 Å². The molecule has 4 heteroatoms. The van der Waals surface area contributed by atoms with Gasteiger partial charge in [0.25, 0.3) is 0 Å². The van der Waals surface area contributed by atoms with Crippen LogP contribution in [0.25, 0.3) is 0 Å². The Hall–Kier alpha value is -1.55. The highest BCUT2D eigenvalue weighted by Gasteiger charge is 2.25. The second-order valence-electron chi connectivity index (χ2n) is 6.40. The van der Waals surface area contributed by atoms with E-state index in [4.69, 9.17) is 4.74 Å². The van der Waals surface area contributed by atoms with Gasteiger partial charge in [0.15, 0.2) is 0 Å². The Labute approximate surface area is 133 Å². The third kappa shape index (κ3) is 3.80. The Morgan fingerprint density at radius 1 is 1.23 bits per heavy atom. The summed E-state index contributed by atoms with van der Waals surface area (Å²) in [7, 11) is 0. The first kappa shape index (κ1) is 15.3. The number of ether oxygens (including phenoxy) is 1. The van der Waals surface area contributed by atoms with Crippen molar-refractivity contribution < 1.29 is 9.53 Å². The Balaban J connectivity index is 1.49. The third-order valence-corrected chi connectivity index (χ3v) is 4.68. The van der Waals surface area contributed by atoms with E-state index in [0.717, 1.165) is 45.6 Å². The zero-order valence-corrected chi connectivity index (χ0v) is 13.5. The summed E-state index contributed by atoms with van der Waals surface area (Å²) in [6.07, 6.45) is 4.08. The fourth-order valence-corrected chi connectivity index (χ4v) is 3.33. The number of anilines is 1. The van der Waals surface area contributed by atoms with E-state index in [9.17, 15) is 4.79 Å². The molecule has 2 saturated heterocycles. The van der Waals surface area contributed by atoms with E-state index in [1.165, 1.54) is 17.7 Å². The molecule has 0 N–H and O–H groups in total. The van der Waals surface area contributed by atoms with Gasteiger partial charge in [-0.05, 0) is 43.9 Å². The van der Waals surface area contributed by atoms with Crippen molar-refractivity contribution in [3.05, 3.63) is 29.8 Å². The molecule has 0 saturated carbocycles. The normalized spacial score (nSPS) is 22.7. The minimum absolute atomic E-state index is 0.149. The van der Waals surface area contributed by atoms with Crippen molar-refractivity contribution in [2.24, 2.45) is 0 Å². The van der Waals surface area contributed by atoms with Crippen molar-refractivity contribution in [3.8, 4) is 0 Å². The molecule has 1 atom stereocenters. The van der Waals surface area contributed by atoms with Crippen LogP contribution in [0.15, 0.2) is 24.3 Å². The van der Waals surface area contributed by atoms with E-state index >= 15 is 0 Å². The van der Waals surface area contributed by atoms with Crippen LogP contribution in [-0.4, -0.2) is 49.7 Å². The maximum Gasteiger partial charge on any atom is 0.225 e. The molecule has 1 aromatic rings. The number of carbonyl (C=O) groups is 1. The van der Waals surface area contributed by atoms with Crippen molar-refractivity contribution in [1.29, 1.82) is 0 Å². The predicted molar refractivity (Wildman–Crippen MR) is 88.2 cm³/mol. The zero-order valence-electron chi connectivity index (χ0n) is 13.5. The van der Waals surface area contributed by atoms with Gasteiger partial charge in [0, 0.05) is 38.5 Å². The maximum atomic E-state index is 12.4. The molecule has 0 spiro atoms. The number of piperazine rings is 1. The lowest BCUT2D eigenvalue weighted by Crippen LogP contribution is -2.49. The van der Waals surface area contributed by atoms with E-state index in [2.05, 4.69) is 36.1 Å². The molecular formula is C18H26N2O2. The van der Waals surface area contributed by atoms with Crippen molar-refractivity contribution in [1.82, 2.24) is 4.90 Å². The second-order valence-corrected chi connectivity index (χ2v) is 6.40. The molecule has 22 heavy (non-hydrogen) atoms. The highest BCUT2D eigenvalue weighted by Crippen LogP contribution is 2.20. The first-order valence-electron chi connectivity index (χ1n) is 8.43.